The second kappa shape index (κ2) is 6.26. The van der Waals surface area contributed by atoms with Crippen LogP contribution in [0.25, 0.3) is 0 Å². The van der Waals surface area contributed by atoms with Crippen LogP contribution in [-0.2, 0) is 11.2 Å². The molecule has 1 saturated carbocycles. The number of carbonyl (C=O) groups excluding carboxylic acids is 2. The van der Waals surface area contributed by atoms with Gasteiger partial charge in [-0.05, 0) is 43.9 Å². The Labute approximate surface area is 124 Å². The van der Waals surface area contributed by atoms with Gasteiger partial charge in [0.15, 0.2) is 0 Å². The van der Waals surface area contributed by atoms with E-state index in [1.807, 2.05) is 6.92 Å². The molecule has 0 heterocycles. The molecule has 0 saturated heterocycles. The summed E-state index contributed by atoms with van der Waals surface area (Å²) < 4.78 is 0. The average Bonchev–Trinajstić information content (AvgIpc) is 2.44. The topological polar surface area (TPSA) is 78.4 Å². The van der Waals surface area contributed by atoms with Gasteiger partial charge in [0.25, 0.3) is 5.91 Å². The average molecular weight is 290 g/mol. The molecule has 114 valence electrons. The maximum Gasteiger partial charge on any atom is 0.251 e. The highest BCUT2D eigenvalue weighted by molar-refractivity contribution is 5.94. The van der Waals surface area contributed by atoms with Crippen LogP contribution in [0, 0.1) is 0 Å². The summed E-state index contributed by atoms with van der Waals surface area (Å²) in [4.78, 5) is 23.4. The molecule has 1 atom stereocenters. The molecule has 2 rings (SSSR count). The zero-order chi connectivity index (χ0) is 15.5. The summed E-state index contributed by atoms with van der Waals surface area (Å²) in [5.41, 5.74) is 0.672. The molecule has 5 nitrogen and oxygen atoms in total. The molecule has 0 spiro atoms. The largest absolute Gasteiger partial charge is 0.388 e. The highest BCUT2D eigenvalue weighted by Gasteiger charge is 2.40. The van der Waals surface area contributed by atoms with Crippen LogP contribution in [0.15, 0.2) is 24.3 Å². The lowest BCUT2D eigenvalue weighted by molar-refractivity contribution is -0.125. The zero-order valence-electron chi connectivity index (χ0n) is 12.5. The number of rotatable bonds is 5. The molecule has 5 heteroatoms. The number of aliphatic hydroxyl groups is 1. The normalized spacial score (nSPS) is 17.5. The van der Waals surface area contributed by atoms with Crippen LogP contribution in [0.4, 0.5) is 0 Å². The Balaban J connectivity index is 1.89. The highest BCUT2D eigenvalue weighted by Crippen LogP contribution is 2.34. The fourth-order valence-electron chi connectivity index (χ4n) is 2.50. The van der Waals surface area contributed by atoms with Gasteiger partial charge in [-0.3, -0.25) is 9.59 Å². The SMILES string of the molecule is CNC(=O)c1ccc(CC(=O)NC(C)C2(O)CCC2)cc1. The van der Waals surface area contributed by atoms with Gasteiger partial charge in [-0.2, -0.15) is 0 Å². The maximum atomic E-state index is 12.0. The molecule has 1 fully saturated rings. The van der Waals surface area contributed by atoms with Crippen LogP contribution < -0.4 is 10.6 Å². The van der Waals surface area contributed by atoms with Gasteiger partial charge >= 0.3 is 0 Å². The van der Waals surface area contributed by atoms with Crippen molar-refractivity contribution in [3.63, 3.8) is 0 Å². The van der Waals surface area contributed by atoms with Gasteiger partial charge < -0.3 is 15.7 Å². The third kappa shape index (κ3) is 3.61. The number of nitrogens with one attached hydrogen (secondary N) is 2. The van der Waals surface area contributed by atoms with E-state index < -0.39 is 5.60 Å². The van der Waals surface area contributed by atoms with Crippen molar-refractivity contribution in [2.24, 2.45) is 0 Å². The van der Waals surface area contributed by atoms with Crippen molar-refractivity contribution in [1.29, 1.82) is 0 Å². The van der Waals surface area contributed by atoms with Crippen molar-refractivity contribution in [3.05, 3.63) is 35.4 Å². The summed E-state index contributed by atoms with van der Waals surface area (Å²) in [6.45, 7) is 1.84. The van der Waals surface area contributed by atoms with E-state index in [0.717, 1.165) is 24.8 Å². The molecule has 1 aromatic rings. The number of hydrogen-bond acceptors (Lipinski definition) is 3. The van der Waals surface area contributed by atoms with Crippen LogP contribution in [0.1, 0.15) is 42.1 Å². The monoisotopic (exact) mass is 290 g/mol. The fraction of sp³-hybridized carbons (Fsp3) is 0.500. The van der Waals surface area contributed by atoms with E-state index in [9.17, 15) is 14.7 Å². The first-order chi connectivity index (χ1) is 9.94. The number of hydrogen-bond donors (Lipinski definition) is 3. The predicted molar refractivity (Wildman–Crippen MR) is 79.9 cm³/mol. The minimum atomic E-state index is -0.737. The van der Waals surface area contributed by atoms with Crippen LogP contribution in [0.5, 0.6) is 0 Å². The van der Waals surface area contributed by atoms with Crippen molar-refractivity contribution >= 4 is 11.8 Å². The third-order valence-corrected chi connectivity index (χ3v) is 4.21. The molecule has 0 aliphatic heterocycles. The predicted octanol–water partition coefficient (Wildman–Crippen LogP) is 1.01. The Kier molecular flexibility index (Phi) is 4.63. The molecule has 1 unspecified atom stereocenters. The lowest BCUT2D eigenvalue weighted by Gasteiger charge is -2.41. The number of carbonyl (C=O) groups is 2. The summed E-state index contributed by atoms with van der Waals surface area (Å²) in [6, 6.07) is 6.71. The first-order valence-electron chi connectivity index (χ1n) is 7.27. The fourth-order valence-corrected chi connectivity index (χ4v) is 2.50. The summed E-state index contributed by atoms with van der Waals surface area (Å²) in [7, 11) is 1.58. The smallest absolute Gasteiger partial charge is 0.251 e. The van der Waals surface area contributed by atoms with Gasteiger partial charge in [0, 0.05) is 12.6 Å². The Morgan fingerprint density at radius 2 is 1.90 bits per heavy atom. The second-order valence-electron chi connectivity index (χ2n) is 5.70. The van der Waals surface area contributed by atoms with Crippen LogP contribution in [-0.4, -0.2) is 35.6 Å². The van der Waals surface area contributed by atoms with Crippen LogP contribution in [0.2, 0.25) is 0 Å². The van der Waals surface area contributed by atoms with Crippen LogP contribution >= 0.6 is 0 Å². The summed E-state index contributed by atoms with van der Waals surface area (Å²) in [5, 5.41) is 15.6. The molecule has 2 amide bonds. The van der Waals surface area contributed by atoms with Crippen molar-refractivity contribution in [2.45, 2.75) is 44.2 Å². The highest BCUT2D eigenvalue weighted by atomic mass is 16.3. The van der Waals surface area contributed by atoms with Crippen molar-refractivity contribution in [3.8, 4) is 0 Å². The Morgan fingerprint density at radius 1 is 1.29 bits per heavy atom. The standard InChI is InChI=1S/C16H22N2O3/c1-11(16(21)8-3-9-16)18-14(19)10-12-4-6-13(7-5-12)15(20)17-2/h4-7,11,21H,3,8-10H2,1-2H3,(H,17,20)(H,18,19). The zero-order valence-corrected chi connectivity index (χ0v) is 12.5. The molecule has 1 aromatic carbocycles. The Hall–Kier alpha value is -1.88. The minimum absolute atomic E-state index is 0.115. The summed E-state index contributed by atoms with van der Waals surface area (Å²) in [5.74, 6) is -0.262. The first kappa shape index (κ1) is 15.5. The van der Waals surface area contributed by atoms with Crippen LogP contribution in [0.3, 0.4) is 0 Å². The van der Waals surface area contributed by atoms with Gasteiger partial charge in [-0.1, -0.05) is 12.1 Å². The van der Waals surface area contributed by atoms with E-state index in [1.165, 1.54) is 0 Å². The summed E-state index contributed by atoms with van der Waals surface area (Å²) in [6.07, 6.45) is 2.75. The van der Waals surface area contributed by atoms with E-state index in [2.05, 4.69) is 10.6 Å². The Morgan fingerprint density at radius 3 is 2.38 bits per heavy atom. The molecule has 0 aromatic heterocycles. The molecule has 0 radical (unpaired) electrons. The maximum absolute atomic E-state index is 12.0. The number of amides is 2. The van der Waals surface area contributed by atoms with E-state index >= 15 is 0 Å². The van der Waals surface area contributed by atoms with E-state index in [0.29, 0.717) is 5.56 Å². The van der Waals surface area contributed by atoms with Crippen molar-refractivity contribution < 1.29 is 14.7 Å². The van der Waals surface area contributed by atoms with Gasteiger partial charge in [0.05, 0.1) is 18.1 Å². The van der Waals surface area contributed by atoms with Gasteiger partial charge in [-0.25, -0.2) is 0 Å². The lowest BCUT2D eigenvalue weighted by Crippen LogP contribution is -2.55. The van der Waals surface area contributed by atoms with Crippen molar-refractivity contribution in [2.75, 3.05) is 7.05 Å². The molecule has 1 aliphatic rings. The molecular formula is C16H22N2O3. The first-order valence-corrected chi connectivity index (χ1v) is 7.27. The van der Waals surface area contributed by atoms with Gasteiger partial charge in [0.1, 0.15) is 0 Å². The molecule has 1 aliphatic carbocycles. The van der Waals surface area contributed by atoms with Crippen molar-refractivity contribution in [1.82, 2.24) is 10.6 Å². The van der Waals surface area contributed by atoms with E-state index in [4.69, 9.17) is 0 Å². The Bertz CT molecular complexity index is 521. The van der Waals surface area contributed by atoms with E-state index in [-0.39, 0.29) is 24.3 Å². The third-order valence-electron chi connectivity index (χ3n) is 4.21. The lowest BCUT2D eigenvalue weighted by atomic mass is 9.75. The quantitative estimate of drug-likeness (QED) is 0.757. The molecule has 0 bridgehead atoms. The van der Waals surface area contributed by atoms with Gasteiger partial charge in [0.2, 0.25) is 5.91 Å². The summed E-state index contributed by atoms with van der Waals surface area (Å²) >= 11 is 0. The molecule has 3 N–H and O–H groups in total. The molecular weight excluding hydrogens is 268 g/mol. The van der Waals surface area contributed by atoms with E-state index in [1.54, 1.807) is 31.3 Å². The number of benzene rings is 1. The second-order valence-corrected chi connectivity index (χ2v) is 5.70. The van der Waals surface area contributed by atoms with Gasteiger partial charge in [-0.15, -0.1) is 0 Å². The molecule has 21 heavy (non-hydrogen) atoms. The minimum Gasteiger partial charge on any atom is -0.388 e.